The summed E-state index contributed by atoms with van der Waals surface area (Å²) < 4.78 is 44.7. The molecule has 5 nitrogen and oxygen atoms in total. The van der Waals surface area contributed by atoms with Crippen molar-refractivity contribution in [2.24, 2.45) is 0 Å². The summed E-state index contributed by atoms with van der Waals surface area (Å²) in [5, 5.41) is 0. The molecule has 1 aromatic carbocycles. The molecule has 1 aliphatic heterocycles. The second-order valence-corrected chi connectivity index (χ2v) is 8.13. The van der Waals surface area contributed by atoms with Gasteiger partial charge < -0.3 is 9.64 Å². The maximum atomic E-state index is 13.4. The summed E-state index contributed by atoms with van der Waals surface area (Å²) in [7, 11) is 1.68. The van der Waals surface area contributed by atoms with Gasteiger partial charge in [-0.15, -0.1) is 0 Å². The summed E-state index contributed by atoms with van der Waals surface area (Å²) in [6, 6.07) is 3.31. The highest BCUT2D eigenvalue weighted by molar-refractivity contribution is 5.98. The smallest absolute Gasteiger partial charge is 0.353 e. The van der Waals surface area contributed by atoms with Crippen molar-refractivity contribution in [1.82, 2.24) is 9.80 Å². The van der Waals surface area contributed by atoms with Gasteiger partial charge >= 0.3 is 6.18 Å². The molecule has 0 radical (unpaired) electrons. The molecule has 0 bridgehead atoms. The number of likely N-dealkylation sites (N-methyl/N-ethyl adjacent to an activating group) is 1. The fraction of sp³-hybridized carbons (Fsp3) is 0.619. The molecular formula is C21H27F3N2O3. The number of carbonyl (C=O) groups excluding carboxylic acids is 2. The predicted octanol–water partition coefficient (Wildman–Crippen LogP) is 4.07. The molecule has 29 heavy (non-hydrogen) atoms. The second kappa shape index (κ2) is 7.97. The van der Waals surface area contributed by atoms with E-state index in [0.29, 0.717) is 12.8 Å². The van der Waals surface area contributed by atoms with Crippen LogP contribution in [0.5, 0.6) is 0 Å². The molecule has 1 aromatic rings. The van der Waals surface area contributed by atoms with Crippen molar-refractivity contribution in [3.63, 3.8) is 0 Å². The maximum Gasteiger partial charge on any atom is 0.416 e. The molecule has 2 fully saturated rings. The summed E-state index contributed by atoms with van der Waals surface area (Å²) in [5.41, 5.74) is -1.55. The molecule has 1 aliphatic carbocycles. The van der Waals surface area contributed by atoms with Crippen molar-refractivity contribution in [2.75, 3.05) is 13.7 Å². The first-order valence-corrected chi connectivity index (χ1v) is 9.98. The number of hydrogen-bond acceptors (Lipinski definition) is 3. The number of ether oxygens (including phenoxy) is 1. The van der Waals surface area contributed by atoms with E-state index in [9.17, 15) is 22.8 Å². The van der Waals surface area contributed by atoms with Crippen LogP contribution in [0.15, 0.2) is 24.3 Å². The highest BCUT2D eigenvalue weighted by atomic mass is 19.4. The minimum atomic E-state index is -4.47. The lowest BCUT2D eigenvalue weighted by molar-refractivity contribution is -0.138. The first-order chi connectivity index (χ1) is 13.6. The van der Waals surface area contributed by atoms with Gasteiger partial charge in [-0.05, 0) is 63.8 Å². The Morgan fingerprint density at radius 2 is 1.72 bits per heavy atom. The number of benzene rings is 1. The van der Waals surface area contributed by atoms with E-state index in [1.165, 1.54) is 17.0 Å². The van der Waals surface area contributed by atoms with Crippen LogP contribution in [0.3, 0.4) is 0 Å². The van der Waals surface area contributed by atoms with Crippen molar-refractivity contribution in [3.05, 3.63) is 35.4 Å². The van der Waals surface area contributed by atoms with Crippen LogP contribution in [0.2, 0.25) is 0 Å². The van der Waals surface area contributed by atoms with E-state index in [0.717, 1.165) is 31.4 Å². The van der Waals surface area contributed by atoms with Crippen molar-refractivity contribution in [2.45, 2.75) is 69.9 Å². The van der Waals surface area contributed by atoms with E-state index in [4.69, 9.17) is 4.74 Å². The minimum Gasteiger partial charge on any atom is -0.353 e. The fourth-order valence-corrected chi connectivity index (χ4v) is 4.09. The van der Waals surface area contributed by atoms with Gasteiger partial charge in [0.05, 0.1) is 12.2 Å². The van der Waals surface area contributed by atoms with Crippen LogP contribution in [0.1, 0.15) is 61.9 Å². The normalized spacial score (nSPS) is 21.6. The topological polar surface area (TPSA) is 49.9 Å². The predicted molar refractivity (Wildman–Crippen MR) is 101 cm³/mol. The number of rotatable bonds is 3. The number of amides is 2. The van der Waals surface area contributed by atoms with Crippen LogP contribution in [0, 0.1) is 0 Å². The van der Waals surface area contributed by atoms with Gasteiger partial charge in [0.2, 0.25) is 5.91 Å². The maximum absolute atomic E-state index is 13.4. The third-order valence-electron chi connectivity index (χ3n) is 5.98. The van der Waals surface area contributed by atoms with Crippen LogP contribution in [0.25, 0.3) is 0 Å². The minimum absolute atomic E-state index is 0.0478. The van der Waals surface area contributed by atoms with Crippen molar-refractivity contribution in [1.29, 1.82) is 0 Å². The van der Waals surface area contributed by atoms with Crippen LogP contribution in [-0.2, 0) is 15.7 Å². The zero-order valence-corrected chi connectivity index (χ0v) is 17.0. The van der Waals surface area contributed by atoms with Gasteiger partial charge in [0.25, 0.3) is 5.91 Å². The molecule has 1 heterocycles. The molecule has 1 saturated carbocycles. The number of hydrogen-bond donors (Lipinski definition) is 0. The van der Waals surface area contributed by atoms with Crippen molar-refractivity contribution < 1.29 is 27.5 Å². The average Bonchev–Trinajstić information content (AvgIpc) is 3.04. The third kappa shape index (κ3) is 4.13. The quantitative estimate of drug-likeness (QED) is 0.752. The lowest BCUT2D eigenvalue weighted by Crippen LogP contribution is -2.57. The Morgan fingerprint density at radius 1 is 1.14 bits per heavy atom. The molecule has 1 spiro atoms. The monoisotopic (exact) mass is 412 g/mol. The van der Waals surface area contributed by atoms with Gasteiger partial charge in [-0.25, -0.2) is 0 Å². The Hall–Kier alpha value is -2.09. The standard InChI is InChI=1S/C21H27F3N2O3/c1-14(2)25(3)19(28)17-13-29-20(11-5-4-6-12-20)26(17)18(27)15-7-9-16(10-8-15)21(22,23)24/h7-10,14,17H,4-6,11-13H2,1-3H3/t17-/m1/s1. The van der Waals surface area contributed by atoms with Crippen LogP contribution in [0.4, 0.5) is 13.2 Å². The fourth-order valence-electron chi connectivity index (χ4n) is 4.09. The highest BCUT2D eigenvalue weighted by Crippen LogP contribution is 2.42. The van der Waals surface area contributed by atoms with E-state index < -0.39 is 29.4 Å². The zero-order valence-electron chi connectivity index (χ0n) is 17.0. The van der Waals surface area contributed by atoms with Gasteiger partial charge in [0.15, 0.2) is 0 Å². The molecule has 0 aromatic heterocycles. The third-order valence-corrected chi connectivity index (χ3v) is 5.98. The Kier molecular flexibility index (Phi) is 5.94. The van der Waals surface area contributed by atoms with Crippen LogP contribution >= 0.6 is 0 Å². The van der Waals surface area contributed by atoms with Crippen LogP contribution < -0.4 is 0 Å². The van der Waals surface area contributed by atoms with Gasteiger partial charge in [-0.1, -0.05) is 6.42 Å². The van der Waals surface area contributed by atoms with Crippen molar-refractivity contribution >= 4 is 11.8 Å². The Balaban J connectivity index is 1.95. The molecule has 0 N–H and O–H groups in total. The van der Waals surface area contributed by atoms with Gasteiger partial charge in [-0.3, -0.25) is 14.5 Å². The Bertz CT molecular complexity index is 755. The van der Waals surface area contributed by atoms with E-state index in [2.05, 4.69) is 0 Å². The Morgan fingerprint density at radius 3 is 2.24 bits per heavy atom. The molecule has 8 heteroatoms. The molecule has 2 amide bonds. The molecule has 3 rings (SSSR count). The van der Waals surface area contributed by atoms with E-state index in [-0.39, 0.29) is 24.1 Å². The number of halogens is 3. The van der Waals surface area contributed by atoms with Gasteiger partial charge in [-0.2, -0.15) is 13.2 Å². The summed E-state index contributed by atoms with van der Waals surface area (Å²) in [6.07, 6.45) is -0.460. The molecule has 1 atom stereocenters. The molecule has 0 unspecified atom stereocenters. The van der Waals surface area contributed by atoms with Gasteiger partial charge in [0, 0.05) is 18.7 Å². The Labute approximate surface area is 168 Å². The lowest BCUT2D eigenvalue weighted by atomic mass is 9.89. The van der Waals surface area contributed by atoms with E-state index >= 15 is 0 Å². The van der Waals surface area contributed by atoms with E-state index in [1.54, 1.807) is 11.9 Å². The second-order valence-electron chi connectivity index (χ2n) is 8.13. The zero-order chi connectivity index (χ0) is 21.4. The lowest BCUT2D eigenvalue weighted by Gasteiger charge is -2.42. The summed E-state index contributed by atoms with van der Waals surface area (Å²) in [6.45, 7) is 3.86. The van der Waals surface area contributed by atoms with E-state index in [1.807, 2.05) is 13.8 Å². The first kappa shape index (κ1) is 21.6. The molecule has 1 saturated heterocycles. The van der Waals surface area contributed by atoms with Crippen molar-refractivity contribution in [3.8, 4) is 0 Å². The number of alkyl halides is 3. The summed E-state index contributed by atoms with van der Waals surface area (Å²) >= 11 is 0. The van der Waals surface area contributed by atoms with Crippen LogP contribution in [-0.4, -0.2) is 53.1 Å². The molecule has 2 aliphatic rings. The number of carbonyl (C=O) groups is 2. The van der Waals surface area contributed by atoms with Gasteiger partial charge in [0.1, 0.15) is 11.8 Å². The molecule has 160 valence electrons. The first-order valence-electron chi connectivity index (χ1n) is 9.98. The summed E-state index contributed by atoms with van der Waals surface area (Å²) in [5.74, 6) is -0.684. The largest absolute Gasteiger partial charge is 0.416 e. The number of nitrogens with zero attached hydrogens (tertiary/aromatic N) is 2. The average molecular weight is 412 g/mol. The molecular weight excluding hydrogens is 385 g/mol. The summed E-state index contributed by atoms with van der Waals surface area (Å²) in [4.78, 5) is 29.5. The highest BCUT2D eigenvalue weighted by Gasteiger charge is 2.53. The SMILES string of the molecule is CC(C)N(C)C(=O)[C@H]1COC2(CCCCC2)N1C(=O)c1ccc(C(F)(F)F)cc1.